The van der Waals surface area contributed by atoms with Gasteiger partial charge in [0.05, 0.1) is 32.2 Å². The SMILES string of the molecule is C=CCc1ccc(OCC(=O)Nc2ccc(N3CCOCC3)nc2)c(OC)c1. The molecule has 2 heterocycles. The van der Waals surface area contributed by atoms with E-state index in [4.69, 9.17) is 14.2 Å². The van der Waals surface area contributed by atoms with E-state index >= 15 is 0 Å². The number of nitrogens with one attached hydrogen (secondary N) is 1. The summed E-state index contributed by atoms with van der Waals surface area (Å²) in [7, 11) is 1.57. The molecule has 1 saturated heterocycles. The first-order valence-corrected chi connectivity index (χ1v) is 9.19. The molecule has 1 aromatic heterocycles. The Morgan fingerprint density at radius 1 is 1.29 bits per heavy atom. The zero-order valence-corrected chi connectivity index (χ0v) is 16.0. The lowest BCUT2D eigenvalue weighted by atomic mass is 10.1. The average molecular weight is 383 g/mol. The molecule has 1 N–H and O–H groups in total. The maximum atomic E-state index is 12.2. The lowest BCUT2D eigenvalue weighted by molar-refractivity contribution is -0.118. The number of hydrogen-bond donors (Lipinski definition) is 1. The summed E-state index contributed by atoms with van der Waals surface area (Å²) >= 11 is 0. The third-order valence-corrected chi connectivity index (χ3v) is 4.33. The normalized spacial score (nSPS) is 13.7. The van der Waals surface area contributed by atoms with Crippen molar-refractivity contribution in [2.75, 3.05) is 50.2 Å². The summed E-state index contributed by atoms with van der Waals surface area (Å²) in [5.74, 6) is 1.72. The number of hydrogen-bond acceptors (Lipinski definition) is 6. The highest BCUT2D eigenvalue weighted by atomic mass is 16.5. The highest BCUT2D eigenvalue weighted by Crippen LogP contribution is 2.28. The molecule has 0 bridgehead atoms. The number of benzene rings is 1. The second kappa shape index (κ2) is 9.75. The van der Waals surface area contributed by atoms with Gasteiger partial charge in [0.1, 0.15) is 5.82 Å². The summed E-state index contributed by atoms with van der Waals surface area (Å²) in [6.45, 7) is 6.65. The number of rotatable bonds is 8. The Morgan fingerprint density at radius 2 is 2.11 bits per heavy atom. The third-order valence-electron chi connectivity index (χ3n) is 4.33. The first-order chi connectivity index (χ1) is 13.7. The van der Waals surface area contributed by atoms with E-state index in [1.54, 1.807) is 19.4 Å². The van der Waals surface area contributed by atoms with E-state index in [0.29, 0.717) is 30.4 Å². The van der Waals surface area contributed by atoms with E-state index in [1.165, 1.54) is 0 Å². The first kappa shape index (κ1) is 19.7. The predicted octanol–water partition coefficient (Wildman–Crippen LogP) is 2.67. The number of methoxy groups -OCH3 is 1. The van der Waals surface area contributed by atoms with Crippen molar-refractivity contribution < 1.29 is 19.0 Å². The molecule has 7 heteroatoms. The Balaban J connectivity index is 1.53. The van der Waals surface area contributed by atoms with Gasteiger partial charge < -0.3 is 24.4 Å². The Labute approximate surface area is 164 Å². The number of carbonyl (C=O) groups excluding carboxylic acids is 1. The van der Waals surface area contributed by atoms with Crippen molar-refractivity contribution in [3.63, 3.8) is 0 Å². The number of nitrogens with zero attached hydrogens (tertiary/aromatic N) is 2. The second-order valence-corrected chi connectivity index (χ2v) is 6.32. The minimum absolute atomic E-state index is 0.123. The maximum Gasteiger partial charge on any atom is 0.262 e. The Bertz CT molecular complexity index is 802. The van der Waals surface area contributed by atoms with Crippen LogP contribution in [0.1, 0.15) is 5.56 Å². The number of anilines is 2. The van der Waals surface area contributed by atoms with Crippen LogP contribution in [0.15, 0.2) is 49.2 Å². The van der Waals surface area contributed by atoms with Crippen LogP contribution in [-0.2, 0) is 16.0 Å². The first-order valence-electron chi connectivity index (χ1n) is 9.19. The highest BCUT2D eigenvalue weighted by molar-refractivity contribution is 5.91. The summed E-state index contributed by atoms with van der Waals surface area (Å²) in [5, 5.41) is 2.79. The van der Waals surface area contributed by atoms with E-state index in [9.17, 15) is 4.79 Å². The van der Waals surface area contributed by atoms with Crippen molar-refractivity contribution in [2.24, 2.45) is 0 Å². The van der Waals surface area contributed by atoms with Gasteiger partial charge in [-0.25, -0.2) is 4.98 Å². The van der Waals surface area contributed by atoms with E-state index in [0.717, 1.165) is 30.9 Å². The molecular formula is C21H25N3O4. The number of ether oxygens (including phenoxy) is 3. The van der Waals surface area contributed by atoms with Crippen molar-refractivity contribution in [3.8, 4) is 11.5 Å². The summed E-state index contributed by atoms with van der Waals surface area (Å²) in [4.78, 5) is 18.8. The average Bonchev–Trinajstić information content (AvgIpc) is 2.74. The fourth-order valence-electron chi connectivity index (χ4n) is 2.90. The van der Waals surface area contributed by atoms with Crippen LogP contribution in [0, 0.1) is 0 Å². The lowest BCUT2D eigenvalue weighted by Crippen LogP contribution is -2.36. The van der Waals surface area contributed by atoms with E-state index < -0.39 is 0 Å². The zero-order chi connectivity index (χ0) is 19.8. The summed E-state index contributed by atoms with van der Waals surface area (Å²) in [5.41, 5.74) is 1.69. The number of carbonyl (C=O) groups is 1. The van der Waals surface area contributed by atoms with E-state index in [-0.39, 0.29) is 12.5 Å². The Kier molecular flexibility index (Phi) is 6.86. The van der Waals surface area contributed by atoms with Crippen molar-refractivity contribution in [1.29, 1.82) is 0 Å². The van der Waals surface area contributed by atoms with Crippen molar-refractivity contribution in [2.45, 2.75) is 6.42 Å². The monoisotopic (exact) mass is 383 g/mol. The topological polar surface area (TPSA) is 72.9 Å². The molecule has 2 aromatic rings. The summed E-state index contributed by atoms with van der Waals surface area (Å²) < 4.78 is 16.3. The molecule has 0 radical (unpaired) electrons. The van der Waals surface area contributed by atoms with Gasteiger partial charge in [0.15, 0.2) is 18.1 Å². The standard InChI is InChI=1S/C21H25N3O4/c1-3-4-16-5-7-18(19(13-16)26-2)28-15-21(25)23-17-6-8-20(22-14-17)24-9-11-27-12-10-24/h3,5-8,13-14H,1,4,9-12,15H2,2H3,(H,23,25). The van der Waals surface area contributed by atoms with Crippen LogP contribution in [0.2, 0.25) is 0 Å². The molecule has 1 aromatic carbocycles. The molecule has 0 spiro atoms. The Hall–Kier alpha value is -3.06. The number of pyridine rings is 1. The van der Waals surface area contributed by atoms with Gasteiger partial charge in [0.2, 0.25) is 0 Å². The number of morpholine rings is 1. The molecule has 0 saturated carbocycles. The van der Waals surface area contributed by atoms with Crippen LogP contribution in [-0.4, -0.2) is 50.9 Å². The van der Waals surface area contributed by atoms with Gasteiger partial charge in [-0.3, -0.25) is 4.79 Å². The number of allylic oxidation sites excluding steroid dienone is 1. The van der Waals surface area contributed by atoms with Crippen LogP contribution < -0.4 is 19.7 Å². The van der Waals surface area contributed by atoms with Gasteiger partial charge >= 0.3 is 0 Å². The molecule has 148 valence electrons. The van der Waals surface area contributed by atoms with Crippen LogP contribution in [0.25, 0.3) is 0 Å². The molecule has 0 atom stereocenters. The predicted molar refractivity (Wildman–Crippen MR) is 108 cm³/mol. The molecule has 1 aliphatic rings. The Morgan fingerprint density at radius 3 is 2.79 bits per heavy atom. The summed E-state index contributed by atoms with van der Waals surface area (Å²) in [6, 6.07) is 9.32. The molecule has 28 heavy (non-hydrogen) atoms. The summed E-state index contributed by atoms with van der Waals surface area (Å²) in [6.07, 6.45) is 4.21. The molecular weight excluding hydrogens is 358 g/mol. The van der Waals surface area contributed by atoms with Crippen LogP contribution in [0.5, 0.6) is 11.5 Å². The van der Waals surface area contributed by atoms with Gasteiger partial charge in [-0.2, -0.15) is 0 Å². The number of aromatic nitrogens is 1. The fourth-order valence-corrected chi connectivity index (χ4v) is 2.90. The second-order valence-electron chi connectivity index (χ2n) is 6.32. The zero-order valence-electron chi connectivity index (χ0n) is 16.0. The molecule has 0 unspecified atom stereocenters. The van der Waals surface area contributed by atoms with Crippen LogP contribution in [0.3, 0.4) is 0 Å². The lowest BCUT2D eigenvalue weighted by Gasteiger charge is -2.27. The number of amides is 1. The molecule has 0 aliphatic carbocycles. The quantitative estimate of drug-likeness (QED) is 0.707. The minimum atomic E-state index is -0.266. The largest absolute Gasteiger partial charge is 0.493 e. The van der Waals surface area contributed by atoms with Crippen molar-refractivity contribution in [1.82, 2.24) is 4.98 Å². The van der Waals surface area contributed by atoms with Crippen molar-refractivity contribution in [3.05, 3.63) is 54.7 Å². The van der Waals surface area contributed by atoms with Crippen LogP contribution >= 0.6 is 0 Å². The maximum absolute atomic E-state index is 12.2. The van der Waals surface area contributed by atoms with Gasteiger partial charge in [-0.1, -0.05) is 12.1 Å². The third kappa shape index (κ3) is 5.23. The van der Waals surface area contributed by atoms with Gasteiger partial charge in [0, 0.05) is 13.1 Å². The van der Waals surface area contributed by atoms with Gasteiger partial charge in [-0.05, 0) is 36.2 Å². The van der Waals surface area contributed by atoms with E-state index in [2.05, 4.69) is 21.8 Å². The molecule has 1 amide bonds. The highest BCUT2D eigenvalue weighted by Gasteiger charge is 2.13. The molecule has 7 nitrogen and oxygen atoms in total. The molecule has 1 aliphatic heterocycles. The molecule has 1 fully saturated rings. The molecule has 3 rings (SSSR count). The smallest absolute Gasteiger partial charge is 0.262 e. The van der Waals surface area contributed by atoms with E-state index in [1.807, 2.05) is 30.3 Å². The van der Waals surface area contributed by atoms with Crippen molar-refractivity contribution >= 4 is 17.4 Å². The minimum Gasteiger partial charge on any atom is -0.493 e. The van der Waals surface area contributed by atoms with Gasteiger partial charge in [-0.15, -0.1) is 6.58 Å². The van der Waals surface area contributed by atoms with Crippen LogP contribution in [0.4, 0.5) is 11.5 Å². The fraction of sp³-hybridized carbons (Fsp3) is 0.333. The van der Waals surface area contributed by atoms with Gasteiger partial charge in [0.25, 0.3) is 5.91 Å².